The Morgan fingerprint density at radius 3 is 2.50 bits per heavy atom. The average Bonchev–Trinajstić information content (AvgIpc) is 2.64. The van der Waals surface area contributed by atoms with E-state index in [2.05, 4.69) is 49.9 Å². The Labute approximate surface area is 158 Å². The first kappa shape index (κ1) is 18.0. The van der Waals surface area contributed by atoms with Crippen molar-refractivity contribution in [1.29, 1.82) is 0 Å². The molecule has 1 aromatic rings. The van der Waals surface area contributed by atoms with Gasteiger partial charge in [-0.2, -0.15) is 0 Å². The molecular weight excluding hydrogens is 322 g/mol. The highest BCUT2D eigenvalue weighted by Gasteiger charge is 2.57. The molecule has 1 heterocycles. The molecule has 0 N–H and O–H groups in total. The van der Waals surface area contributed by atoms with Crippen LogP contribution in [0, 0.1) is 11.3 Å². The van der Waals surface area contributed by atoms with Gasteiger partial charge in [0.25, 0.3) is 0 Å². The predicted octanol–water partition coefficient (Wildman–Crippen LogP) is 4.33. The van der Waals surface area contributed by atoms with Gasteiger partial charge in [0.1, 0.15) is 0 Å². The molecule has 0 aromatic heterocycles. The van der Waals surface area contributed by atoms with Crippen LogP contribution in [0.1, 0.15) is 64.0 Å². The van der Waals surface area contributed by atoms with Crippen LogP contribution in [0.4, 0.5) is 0 Å². The second-order valence-corrected chi connectivity index (χ2v) is 9.42. The molecular formula is C23H33NO2. The fourth-order valence-electron chi connectivity index (χ4n) is 5.92. The molecule has 0 spiro atoms. The molecule has 2 fully saturated rings. The van der Waals surface area contributed by atoms with Crippen LogP contribution in [0.15, 0.2) is 24.3 Å². The minimum Gasteiger partial charge on any atom is -0.381 e. The average molecular weight is 356 g/mol. The normalized spacial score (nSPS) is 35.7. The third kappa shape index (κ3) is 2.54. The number of nitrogens with zero attached hydrogens (tertiary/aromatic N) is 1. The van der Waals surface area contributed by atoms with Crippen molar-refractivity contribution in [2.45, 2.75) is 76.9 Å². The Morgan fingerprint density at radius 2 is 1.81 bits per heavy atom. The van der Waals surface area contributed by atoms with E-state index in [1.54, 1.807) is 7.11 Å². The van der Waals surface area contributed by atoms with E-state index >= 15 is 0 Å². The lowest BCUT2D eigenvalue weighted by molar-refractivity contribution is -0.150. The molecule has 0 unspecified atom stereocenters. The van der Waals surface area contributed by atoms with Crippen LogP contribution in [0.5, 0.6) is 0 Å². The molecule has 2 bridgehead atoms. The number of carbonyl (C=O) groups is 1. The summed E-state index contributed by atoms with van der Waals surface area (Å²) in [6, 6.07) is 9.22. The van der Waals surface area contributed by atoms with Crippen molar-refractivity contribution >= 4 is 5.91 Å². The number of ether oxygens (including phenoxy) is 1. The molecule has 3 heteroatoms. The van der Waals surface area contributed by atoms with Gasteiger partial charge in [-0.25, -0.2) is 0 Å². The van der Waals surface area contributed by atoms with E-state index in [9.17, 15) is 4.79 Å². The maximum atomic E-state index is 13.4. The van der Waals surface area contributed by atoms with E-state index in [-0.39, 0.29) is 16.7 Å². The molecule has 1 aliphatic heterocycles. The second kappa shape index (κ2) is 6.37. The lowest BCUT2D eigenvalue weighted by Crippen LogP contribution is -2.65. The number of rotatable bonds is 2. The fourth-order valence-corrected chi connectivity index (χ4v) is 5.92. The van der Waals surface area contributed by atoms with Crippen LogP contribution < -0.4 is 0 Å². The molecule has 1 saturated heterocycles. The lowest BCUT2D eigenvalue weighted by Gasteiger charge is -2.61. The first-order chi connectivity index (χ1) is 12.4. The van der Waals surface area contributed by atoms with Crippen molar-refractivity contribution in [3.8, 4) is 0 Å². The number of carbonyl (C=O) groups excluding carboxylic acids is 1. The fraction of sp³-hybridized carbons (Fsp3) is 0.696. The van der Waals surface area contributed by atoms with Gasteiger partial charge < -0.3 is 9.64 Å². The number of hydrogen-bond acceptors (Lipinski definition) is 2. The third-order valence-corrected chi connectivity index (χ3v) is 8.15. The van der Waals surface area contributed by atoms with E-state index in [4.69, 9.17) is 4.74 Å². The SMILES string of the molecule is CO[C@H]1CC[C@H](C(=O)N2CC[C@@]3(C)c4ccccc4C[C@@H]2C3(C)C)CC1. The molecule has 2 aliphatic carbocycles. The standard InChI is InChI=1S/C23H33NO2/c1-22(2)20-15-17-7-5-6-8-19(17)23(22,3)13-14-24(20)21(25)16-9-11-18(26-4)12-10-16/h5-8,16,18,20H,9-15H2,1-4H3/t16-,18-,20-,23+/m1/s1. The van der Waals surface area contributed by atoms with Crippen LogP contribution in [-0.2, 0) is 21.4 Å². The summed E-state index contributed by atoms with van der Waals surface area (Å²) in [7, 11) is 1.79. The zero-order chi connectivity index (χ0) is 18.5. The molecule has 142 valence electrons. The lowest BCUT2D eigenvalue weighted by atomic mass is 9.51. The zero-order valence-corrected chi connectivity index (χ0v) is 16.8. The first-order valence-electron chi connectivity index (χ1n) is 10.3. The number of amides is 1. The van der Waals surface area contributed by atoms with E-state index in [1.807, 2.05) is 0 Å². The Balaban J connectivity index is 1.61. The van der Waals surface area contributed by atoms with E-state index < -0.39 is 0 Å². The van der Waals surface area contributed by atoms with Crippen molar-refractivity contribution < 1.29 is 9.53 Å². The number of fused-ring (bicyclic) bond motifs is 4. The van der Waals surface area contributed by atoms with Crippen LogP contribution in [0.2, 0.25) is 0 Å². The van der Waals surface area contributed by atoms with Gasteiger partial charge in [0, 0.05) is 31.0 Å². The van der Waals surface area contributed by atoms with Crippen LogP contribution in [0.25, 0.3) is 0 Å². The van der Waals surface area contributed by atoms with Gasteiger partial charge in [0.15, 0.2) is 0 Å². The molecule has 1 amide bonds. The number of likely N-dealkylation sites (tertiary alicyclic amines) is 1. The Bertz CT molecular complexity index is 689. The van der Waals surface area contributed by atoms with Gasteiger partial charge in [0.2, 0.25) is 5.91 Å². The number of piperidine rings is 1. The van der Waals surface area contributed by atoms with E-state index in [0.717, 1.165) is 45.1 Å². The molecule has 0 radical (unpaired) electrons. The largest absolute Gasteiger partial charge is 0.381 e. The van der Waals surface area contributed by atoms with Gasteiger partial charge in [-0.3, -0.25) is 4.79 Å². The second-order valence-electron chi connectivity index (χ2n) is 9.42. The highest BCUT2D eigenvalue weighted by molar-refractivity contribution is 5.80. The number of hydrogen-bond donors (Lipinski definition) is 0. The minimum atomic E-state index is 0.0962. The summed E-state index contributed by atoms with van der Waals surface area (Å²) in [5.74, 6) is 0.595. The number of benzene rings is 1. The summed E-state index contributed by atoms with van der Waals surface area (Å²) < 4.78 is 5.49. The first-order valence-corrected chi connectivity index (χ1v) is 10.3. The molecule has 1 saturated carbocycles. The maximum Gasteiger partial charge on any atom is 0.225 e. The van der Waals surface area contributed by atoms with Crippen molar-refractivity contribution in [3.63, 3.8) is 0 Å². The Hall–Kier alpha value is -1.35. The topological polar surface area (TPSA) is 29.5 Å². The van der Waals surface area contributed by atoms with Crippen molar-refractivity contribution in [2.24, 2.45) is 11.3 Å². The van der Waals surface area contributed by atoms with Gasteiger partial charge >= 0.3 is 0 Å². The minimum absolute atomic E-state index is 0.0962. The van der Waals surface area contributed by atoms with Gasteiger partial charge in [-0.05, 0) is 55.1 Å². The van der Waals surface area contributed by atoms with Crippen molar-refractivity contribution in [3.05, 3.63) is 35.4 Å². The van der Waals surface area contributed by atoms with E-state index in [1.165, 1.54) is 11.1 Å². The number of methoxy groups -OCH3 is 1. The highest BCUT2D eigenvalue weighted by atomic mass is 16.5. The summed E-state index contributed by atoms with van der Waals surface area (Å²) in [5.41, 5.74) is 3.20. The van der Waals surface area contributed by atoms with Crippen molar-refractivity contribution in [2.75, 3.05) is 13.7 Å². The highest BCUT2D eigenvalue weighted by Crippen LogP contribution is 2.56. The predicted molar refractivity (Wildman–Crippen MR) is 104 cm³/mol. The monoisotopic (exact) mass is 355 g/mol. The maximum absolute atomic E-state index is 13.4. The Morgan fingerprint density at radius 1 is 1.12 bits per heavy atom. The molecule has 3 nitrogen and oxygen atoms in total. The van der Waals surface area contributed by atoms with Crippen molar-refractivity contribution in [1.82, 2.24) is 4.90 Å². The summed E-state index contributed by atoms with van der Waals surface area (Å²) in [6.45, 7) is 8.09. The smallest absolute Gasteiger partial charge is 0.225 e. The van der Waals surface area contributed by atoms with Gasteiger partial charge in [-0.1, -0.05) is 45.0 Å². The van der Waals surface area contributed by atoms with Gasteiger partial charge in [0.05, 0.1) is 6.10 Å². The van der Waals surface area contributed by atoms with Crippen LogP contribution >= 0.6 is 0 Å². The molecule has 4 rings (SSSR count). The van der Waals surface area contributed by atoms with E-state index in [0.29, 0.717) is 18.1 Å². The molecule has 1 aromatic carbocycles. The summed E-state index contributed by atoms with van der Waals surface area (Å²) in [4.78, 5) is 15.7. The Kier molecular flexibility index (Phi) is 4.42. The quantitative estimate of drug-likeness (QED) is 0.790. The van der Waals surface area contributed by atoms with Gasteiger partial charge in [-0.15, -0.1) is 0 Å². The van der Waals surface area contributed by atoms with Crippen LogP contribution in [0.3, 0.4) is 0 Å². The third-order valence-electron chi connectivity index (χ3n) is 8.15. The van der Waals surface area contributed by atoms with Crippen LogP contribution in [-0.4, -0.2) is 36.6 Å². The molecule has 2 atom stereocenters. The molecule has 3 aliphatic rings. The summed E-state index contributed by atoms with van der Waals surface area (Å²) in [5, 5.41) is 0. The summed E-state index contributed by atoms with van der Waals surface area (Å²) in [6.07, 6.45) is 6.42. The molecule has 26 heavy (non-hydrogen) atoms. The zero-order valence-electron chi connectivity index (χ0n) is 16.8. The summed E-state index contributed by atoms with van der Waals surface area (Å²) >= 11 is 0.